The highest BCUT2D eigenvalue weighted by Gasteiger charge is 2.18. The van der Waals surface area contributed by atoms with E-state index in [1.165, 1.54) is 44.1 Å². The summed E-state index contributed by atoms with van der Waals surface area (Å²) in [6.45, 7) is 4.39. The van der Waals surface area contributed by atoms with Gasteiger partial charge in [-0.1, -0.05) is 63.8 Å². The first-order valence-corrected chi connectivity index (χ1v) is 7.96. The SMILES string of the molecule is CC(C)c1ccc(C(C#N)NC2CCCCCC2)cc1. The maximum absolute atomic E-state index is 9.45. The molecule has 0 bridgehead atoms. The molecule has 1 N–H and O–H groups in total. The van der Waals surface area contributed by atoms with Crippen molar-refractivity contribution in [2.24, 2.45) is 0 Å². The number of nitriles is 1. The molecule has 0 aliphatic heterocycles. The Bertz CT molecular complexity index is 433. The van der Waals surface area contributed by atoms with E-state index in [2.05, 4.69) is 49.5 Å². The Labute approximate surface area is 123 Å². The molecule has 1 atom stereocenters. The molecule has 1 aliphatic rings. The first-order valence-electron chi connectivity index (χ1n) is 7.96. The van der Waals surface area contributed by atoms with Crippen molar-refractivity contribution in [3.05, 3.63) is 35.4 Å². The Hall–Kier alpha value is -1.33. The van der Waals surface area contributed by atoms with Gasteiger partial charge in [-0.3, -0.25) is 5.32 Å². The van der Waals surface area contributed by atoms with Crippen LogP contribution in [-0.4, -0.2) is 6.04 Å². The van der Waals surface area contributed by atoms with Gasteiger partial charge in [0.1, 0.15) is 6.04 Å². The van der Waals surface area contributed by atoms with Crippen molar-refractivity contribution in [1.82, 2.24) is 5.32 Å². The second kappa shape index (κ2) is 7.45. The van der Waals surface area contributed by atoms with Crippen LogP contribution in [0.5, 0.6) is 0 Å². The predicted octanol–water partition coefficient (Wildman–Crippen LogP) is 4.69. The summed E-state index contributed by atoms with van der Waals surface area (Å²) in [5.41, 5.74) is 2.43. The lowest BCUT2D eigenvalue weighted by Gasteiger charge is -2.21. The van der Waals surface area contributed by atoms with E-state index in [0.717, 1.165) is 5.56 Å². The van der Waals surface area contributed by atoms with Crippen LogP contribution in [0.1, 0.15) is 75.5 Å². The Balaban J connectivity index is 2.02. The molecule has 0 heterocycles. The molecule has 1 aromatic carbocycles. The van der Waals surface area contributed by atoms with Crippen molar-refractivity contribution in [1.29, 1.82) is 5.26 Å². The van der Waals surface area contributed by atoms with Crippen molar-refractivity contribution in [3.63, 3.8) is 0 Å². The van der Waals surface area contributed by atoms with Gasteiger partial charge in [0.05, 0.1) is 6.07 Å². The summed E-state index contributed by atoms with van der Waals surface area (Å²) in [4.78, 5) is 0. The minimum absolute atomic E-state index is 0.167. The maximum atomic E-state index is 9.45. The fourth-order valence-corrected chi connectivity index (χ4v) is 2.96. The molecule has 0 spiro atoms. The number of nitrogens with zero attached hydrogens (tertiary/aromatic N) is 1. The second-order valence-corrected chi connectivity index (χ2v) is 6.24. The van der Waals surface area contributed by atoms with E-state index in [1.54, 1.807) is 0 Å². The molecule has 0 amide bonds. The van der Waals surface area contributed by atoms with Gasteiger partial charge in [-0.2, -0.15) is 5.26 Å². The number of nitrogens with one attached hydrogen (secondary N) is 1. The zero-order chi connectivity index (χ0) is 14.4. The van der Waals surface area contributed by atoms with Gasteiger partial charge in [-0.25, -0.2) is 0 Å². The van der Waals surface area contributed by atoms with Crippen molar-refractivity contribution in [3.8, 4) is 6.07 Å². The van der Waals surface area contributed by atoms with E-state index in [1.807, 2.05) is 0 Å². The minimum Gasteiger partial charge on any atom is -0.295 e. The van der Waals surface area contributed by atoms with Crippen molar-refractivity contribution in [2.75, 3.05) is 0 Å². The first kappa shape index (κ1) is 15.1. The Kier molecular flexibility index (Phi) is 5.61. The molecule has 1 saturated carbocycles. The summed E-state index contributed by atoms with van der Waals surface area (Å²) < 4.78 is 0. The molecular weight excluding hydrogens is 244 g/mol. The zero-order valence-corrected chi connectivity index (χ0v) is 12.7. The molecule has 108 valence electrons. The number of hydrogen-bond donors (Lipinski definition) is 1. The largest absolute Gasteiger partial charge is 0.295 e. The van der Waals surface area contributed by atoms with Gasteiger partial charge in [-0.05, 0) is 29.9 Å². The van der Waals surface area contributed by atoms with Crippen LogP contribution in [0.2, 0.25) is 0 Å². The summed E-state index contributed by atoms with van der Waals surface area (Å²) in [6, 6.07) is 11.3. The van der Waals surface area contributed by atoms with Crippen LogP contribution >= 0.6 is 0 Å². The predicted molar refractivity (Wildman–Crippen MR) is 83.5 cm³/mol. The topological polar surface area (TPSA) is 35.8 Å². The monoisotopic (exact) mass is 270 g/mol. The minimum atomic E-state index is -0.167. The average Bonchev–Trinajstić information content (AvgIpc) is 2.73. The molecule has 20 heavy (non-hydrogen) atoms. The van der Waals surface area contributed by atoms with Crippen LogP contribution in [0, 0.1) is 11.3 Å². The number of hydrogen-bond acceptors (Lipinski definition) is 2. The van der Waals surface area contributed by atoms with E-state index in [0.29, 0.717) is 12.0 Å². The lowest BCUT2D eigenvalue weighted by molar-refractivity contribution is 0.436. The normalized spacial score (nSPS) is 18.5. The van der Waals surface area contributed by atoms with E-state index < -0.39 is 0 Å². The molecular formula is C18H26N2. The van der Waals surface area contributed by atoms with Crippen LogP contribution < -0.4 is 5.32 Å². The Morgan fingerprint density at radius 2 is 1.55 bits per heavy atom. The molecule has 1 aliphatic carbocycles. The molecule has 1 aromatic rings. The molecule has 2 nitrogen and oxygen atoms in total. The smallest absolute Gasteiger partial charge is 0.121 e. The Morgan fingerprint density at radius 3 is 2.05 bits per heavy atom. The maximum Gasteiger partial charge on any atom is 0.121 e. The summed E-state index contributed by atoms with van der Waals surface area (Å²) in [5, 5.41) is 13.0. The summed E-state index contributed by atoms with van der Waals surface area (Å²) in [5.74, 6) is 0.541. The van der Waals surface area contributed by atoms with Gasteiger partial charge >= 0.3 is 0 Å². The summed E-state index contributed by atoms with van der Waals surface area (Å²) in [6.07, 6.45) is 7.70. The van der Waals surface area contributed by atoms with Gasteiger partial charge in [-0.15, -0.1) is 0 Å². The standard InChI is InChI=1S/C18H26N2/c1-14(2)15-9-11-16(12-10-15)18(13-19)20-17-7-5-3-4-6-8-17/h9-12,14,17-18,20H,3-8H2,1-2H3. The molecule has 1 unspecified atom stereocenters. The lowest BCUT2D eigenvalue weighted by Crippen LogP contribution is -2.31. The quantitative estimate of drug-likeness (QED) is 0.806. The fraction of sp³-hybridized carbons (Fsp3) is 0.611. The molecule has 2 rings (SSSR count). The highest BCUT2D eigenvalue weighted by Crippen LogP contribution is 2.22. The molecule has 2 heteroatoms. The fourth-order valence-electron chi connectivity index (χ4n) is 2.96. The number of rotatable bonds is 4. The van der Waals surface area contributed by atoms with Gasteiger partial charge in [0.15, 0.2) is 0 Å². The average molecular weight is 270 g/mol. The highest BCUT2D eigenvalue weighted by molar-refractivity contribution is 5.29. The van der Waals surface area contributed by atoms with Crippen LogP contribution in [0.25, 0.3) is 0 Å². The molecule has 0 aromatic heterocycles. The van der Waals surface area contributed by atoms with E-state index in [-0.39, 0.29) is 6.04 Å². The van der Waals surface area contributed by atoms with Gasteiger partial charge < -0.3 is 0 Å². The van der Waals surface area contributed by atoms with Crippen molar-refractivity contribution in [2.45, 2.75) is 70.4 Å². The highest BCUT2D eigenvalue weighted by atomic mass is 14.9. The molecule has 0 saturated heterocycles. The van der Waals surface area contributed by atoms with Gasteiger partial charge in [0.25, 0.3) is 0 Å². The van der Waals surface area contributed by atoms with Crippen molar-refractivity contribution < 1.29 is 0 Å². The van der Waals surface area contributed by atoms with Crippen LogP contribution in [0.15, 0.2) is 24.3 Å². The third-order valence-corrected chi connectivity index (χ3v) is 4.32. The second-order valence-electron chi connectivity index (χ2n) is 6.24. The summed E-state index contributed by atoms with van der Waals surface area (Å²) in [7, 11) is 0. The number of benzene rings is 1. The Morgan fingerprint density at radius 1 is 1.00 bits per heavy atom. The van der Waals surface area contributed by atoms with Crippen LogP contribution in [0.3, 0.4) is 0 Å². The van der Waals surface area contributed by atoms with Crippen LogP contribution in [-0.2, 0) is 0 Å². The molecule has 1 fully saturated rings. The lowest BCUT2D eigenvalue weighted by atomic mass is 9.98. The summed E-state index contributed by atoms with van der Waals surface area (Å²) >= 11 is 0. The van der Waals surface area contributed by atoms with Gasteiger partial charge in [0.2, 0.25) is 0 Å². The third kappa shape index (κ3) is 4.08. The van der Waals surface area contributed by atoms with E-state index in [4.69, 9.17) is 0 Å². The molecule has 0 radical (unpaired) electrons. The third-order valence-electron chi connectivity index (χ3n) is 4.32. The zero-order valence-electron chi connectivity index (χ0n) is 12.7. The van der Waals surface area contributed by atoms with Crippen LogP contribution in [0.4, 0.5) is 0 Å². The van der Waals surface area contributed by atoms with Gasteiger partial charge in [0, 0.05) is 6.04 Å². The van der Waals surface area contributed by atoms with Crippen molar-refractivity contribution >= 4 is 0 Å². The first-order chi connectivity index (χ1) is 9.70. The van der Waals surface area contributed by atoms with E-state index in [9.17, 15) is 5.26 Å². The van der Waals surface area contributed by atoms with E-state index >= 15 is 0 Å².